The van der Waals surface area contributed by atoms with Crippen LogP contribution in [-0.4, -0.2) is 20.9 Å². The fourth-order valence-electron chi connectivity index (χ4n) is 2.22. The van der Waals surface area contributed by atoms with E-state index in [-0.39, 0.29) is 17.2 Å². The molecule has 2 rings (SSSR count). The Balaban J connectivity index is 2.10. The molecule has 5 nitrogen and oxygen atoms in total. The minimum absolute atomic E-state index is 0.124. The predicted octanol–water partition coefficient (Wildman–Crippen LogP) is 3.79. The molecule has 0 radical (unpaired) electrons. The second kappa shape index (κ2) is 7.21. The number of carboxylic acid groups (broad SMARTS) is 1. The van der Waals surface area contributed by atoms with Crippen LogP contribution in [0.3, 0.4) is 0 Å². The van der Waals surface area contributed by atoms with E-state index < -0.39 is 12.4 Å². The van der Waals surface area contributed by atoms with Gasteiger partial charge in [0.05, 0.1) is 17.4 Å². The number of benzene rings is 1. The van der Waals surface area contributed by atoms with Gasteiger partial charge in [0, 0.05) is 13.1 Å². The van der Waals surface area contributed by atoms with E-state index in [4.69, 9.17) is 5.11 Å². The quantitative estimate of drug-likeness (QED) is 0.813. The molecule has 0 fully saturated rings. The van der Waals surface area contributed by atoms with E-state index in [2.05, 4.69) is 10.4 Å². The second-order valence-electron chi connectivity index (χ2n) is 5.68. The molecule has 2 N–H and O–H groups in total. The molecule has 1 aromatic heterocycles. The van der Waals surface area contributed by atoms with Gasteiger partial charge >= 0.3 is 5.97 Å². The van der Waals surface area contributed by atoms with Gasteiger partial charge in [-0.3, -0.25) is 4.68 Å². The van der Waals surface area contributed by atoms with E-state index >= 15 is 0 Å². The van der Waals surface area contributed by atoms with Gasteiger partial charge in [-0.25, -0.2) is 13.6 Å². The van der Waals surface area contributed by atoms with Crippen LogP contribution < -0.4 is 5.32 Å². The van der Waals surface area contributed by atoms with Crippen LogP contribution in [0.5, 0.6) is 0 Å². The summed E-state index contributed by atoms with van der Waals surface area (Å²) in [4.78, 5) is 10.8. The van der Waals surface area contributed by atoms with Crippen molar-refractivity contribution in [2.45, 2.75) is 33.4 Å². The van der Waals surface area contributed by atoms with Crippen LogP contribution in [0.2, 0.25) is 0 Å². The lowest BCUT2D eigenvalue weighted by molar-refractivity contribution is 0.0697. The Morgan fingerprint density at radius 1 is 1.30 bits per heavy atom. The lowest BCUT2D eigenvalue weighted by atomic mass is 10.1. The van der Waals surface area contributed by atoms with E-state index in [1.54, 1.807) is 12.1 Å². The van der Waals surface area contributed by atoms with Crippen LogP contribution in [0.1, 0.15) is 41.9 Å². The molecule has 0 saturated heterocycles. The molecule has 1 aromatic carbocycles. The molecule has 0 aliphatic heterocycles. The van der Waals surface area contributed by atoms with Gasteiger partial charge in [0.2, 0.25) is 0 Å². The van der Waals surface area contributed by atoms with Crippen LogP contribution >= 0.6 is 0 Å². The number of halogens is 2. The number of nitrogens with zero attached hydrogens (tertiary/aromatic N) is 2. The van der Waals surface area contributed by atoms with Crippen LogP contribution in [0, 0.1) is 5.92 Å². The molecule has 0 amide bonds. The summed E-state index contributed by atoms with van der Waals surface area (Å²) in [5, 5.41) is 15.8. The lowest BCUT2D eigenvalue weighted by Crippen LogP contribution is -2.11. The first kappa shape index (κ1) is 16.9. The number of hydrogen-bond donors (Lipinski definition) is 2. The Labute approximate surface area is 132 Å². The SMILES string of the molecule is CC(C)Cn1ncc(NCc2ccc(C(=O)O)cc2)c1C(F)F. The maximum atomic E-state index is 13.3. The molecule has 0 bridgehead atoms. The normalized spacial score (nSPS) is 11.2. The molecule has 124 valence electrons. The molecule has 7 heteroatoms. The molecule has 0 aliphatic carbocycles. The van der Waals surface area contributed by atoms with Crippen LogP contribution in [0.25, 0.3) is 0 Å². The van der Waals surface area contributed by atoms with Crippen molar-refractivity contribution in [3.05, 3.63) is 47.3 Å². The van der Waals surface area contributed by atoms with Crippen LogP contribution in [0.4, 0.5) is 14.5 Å². The summed E-state index contributed by atoms with van der Waals surface area (Å²) in [5.74, 6) is -0.789. The third-order valence-corrected chi connectivity index (χ3v) is 3.31. The third kappa shape index (κ3) is 4.28. The standard InChI is InChI=1S/C16H19F2N3O2/c1-10(2)9-21-14(15(17)18)13(8-20-21)19-7-11-3-5-12(6-4-11)16(22)23/h3-6,8,10,15,19H,7,9H2,1-2H3,(H,22,23). The first-order chi connectivity index (χ1) is 10.9. The molecule has 23 heavy (non-hydrogen) atoms. The van der Waals surface area contributed by atoms with Crippen LogP contribution in [0.15, 0.2) is 30.5 Å². The summed E-state index contributed by atoms with van der Waals surface area (Å²) in [7, 11) is 0. The monoisotopic (exact) mass is 323 g/mol. The van der Waals surface area contributed by atoms with Crippen molar-refractivity contribution in [3.8, 4) is 0 Å². The lowest BCUT2D eigenvalue weighted by Gasteiger charge is -2.12. The van der Waals surface area contributed by atoms with E-state index in [1.807, 2.05) is 13.8 Å². The molecule has 1 heterocycles. The van der Waals surface area contributed by atoms with Gasteiger partial charge in [-0.1, -0.05) is 26.0 Å². The zero-order chi connectivity index (χ0) is 17.0. The number of carboxylic acids is 1. The third-order valence-electron chi connectivity index (χ3n) is 3.31. The highest BCUT2D eigenvalue weighted by atomic mass is 19.3. The molecule has 0 unspecified atom stereocenters. The first-order valence-corrected chi connectivity index (χ1v) is 7.28. The Morgan fingerprint density at radius 2 is 1.96 bits per heavy atom. The summed E-state index contributed by atoms with van der Waals surface area (Å²) in [6.07, 6.45) is -1.22. The molecular weight excluding hydrogens is 304 g/mol. The van der Waals surface area contributed by atoms with Gasteiger partial charge in [-0.2, -0.15) is 5.10 Å². The van der Waals surface area contributed by atoms with Gasteiger partial charge in [0.15, 0.2) is 0 Å². The van der Waals surface area contributed by atoms with Crippen molar-refractivity contribution in [2.24, 2.45) is 5.92 Å². The Hall–Kier alpha value is -2.44. The van der Waals surface area contributed by atoms with Crippen molar-refractivity contribution in [2.75, 3.05) is 5.32 Å². The molecule has 0 saturated carbocycles. The molecule has 0 spiro atoms. The van der Waals surface area contributed by atoms with Crippen molar-refractivity contribution in [3.63, 3.8) is 0 Å². The van der Waals surface area contributed by atoms with Gasteiger partial charge < -0.3 is 10.4 Å². The van der Waals surface area contributed by atoms with Gasteiger partial charge in [-0.05, 0) is 23.6 Å². The first-order valence-electron chi connectivity index (χ1n) is 7.28. The van der Waals surface area contributed by atoms with E-state index in [0.29, 0.717) is 18.8 Å². The highest BCUT2D eigenvalue weighted by Gasteiger charge is 2.20. The highest BCUT2D eigenvalue weighted by molar-refractivity contribution is 5.87. The molecular formula is C16H19F2N3O2. The summed E-state index contributed by atoms with van der Waals surface area (Å²) < 4.78 is 27.9. The number of anilines is 1. The number of hydrogen-bond acceptors (Lipinski definition) is 3. The number of aromatic nitrogens is 2. The number of rotatable bonds is 7. The van der Waals surface area contributed by atoms with Crippen molar-refractivity contribution in [1.29, 1.82) is 0 Å². The maximum Gasteiger partial charge on any atom is 0.335 e. The minimum Gasteiger partial charge on any atom is -0.478 e. The molecule has 2 aromatic rings. The summed E-state index contributed by atoms with van der Waals surface area (Å²) >= 11 is 0. The van der Waals surface area contributed by atoms with Crippen molar-refractivity contribution < 1.29 is 18.7 Å². The van der Waals surface area contributed by atoms with Crippen molar-refractivity contribution in [1.82, 2.24) is 9.78 Å². The van der Waals surface area contributed by atoms with E-state index in [9.17, 15) is 13.6 Å². The summed E-state index contributed by atoms with van der Waals surface area (Å²) in [6, 6.07) is 6.26. The largest absolute Gasteiger partial charge is 0.478 e. The van der Waals surface area contributed by atoms with E-state index in [1.165, 1.54) is 23.0 Å². The Kier molecular flexibility index (Phi) is 5.31. The van der Waals surface area contributed by atoms with Crippen LogP contribution in [-0.2, 0) is 13.1 Å². The smallest absolute Gasteiger partial charge is 0.335 e. The van der Waals surface area contributed by atoms with Gasteiger partial charge in [0.1, 0.15) is 5.69 Å². The zero-order valence-electron chi connectivity index (χ0n) is 13.0. The molecule has 0 atom stereocenters. The Bertz CT molecular complexity index is 666. The van der Waals surface area contributed by atoms with Crippen molar-refractivity contribution >= 4 is 11.7 Å². The zero-order valence-corrected chi connectivity index (χ0v) is 13.0. The number of nitrogens with one attached hydrogen (secondary N) is 1. The van der Waals surface area contributed by atoms with Gasteiger partial charge in [0.25, 0.3) is 6.43 Å². The predicted molar refractivity (Wildman–Crippen MR) is 82.8 cm³/mol. The topological polar surface area (TPSA) is 67.2 Å². The highest BCUT2D eigenvalue weighted by Crippen LogP contribution is 2.28. The fraction of sp³-hybridized carbons (Fsp3) is 0.375. The second-order valence-corrected chi connectivity index (χ2v) is 5.68. The average molecular weight is 323 g/mol. The fourth-order valence-corrected chi connectivity index (χ4v) is 2.22. The van der Waals surface area contributed by atoms with E-state index in [0.717, 1.165) is 5.56 Å². The Morgan fingerprint density at radius 3 is 2.48 bits per heavy atom. The summed E-state index contributed by atoms with van der Waals surface area (Å²) in [6.45, 7) is 4.61. The number of alkyl halides is 2. The number of carbonyl (C=O) groups is 1. The maximum absolute atomic E-state index is 13.3. The minimum atomic E-state index is -2.62. The summed E-state index contributed by atoms with van der Waals surface area (Å²) in [5.41, 5.74) is 1.16. The molecule has 0 aliphatic rings. The number of aromatic carboxylic acids is 1. The van der Waals surface area contributed by atoms with Gasteiger partial charge in [-0.15, -0.1) is 0 Å². The average Bonchev–Trinajstić information content (AvgIpc) is 2.87.